The van der Waals surface area contributed by atoms with Crippen molar-refractivity contribution in [2.24, 2.45) is 5.14 Å². The lowest BCUT2D eigenvalue weighted by molar-refractivity contribution is 0.592. The summed E-state index contributed by atoms with van der Waals surface area (Å²) in [6, 6.07) is 13.6. The predicted octanol–water partition coefficient (Wildman–Crippen LogP) is 2.52. The topological polar surface area (TPSA) is 72.2 Å². The number of aryl methyl sites for hydroxylation is 1. The second-order valence-electron chi connectivity index (χ2n) is 4.70. The summed E-state index contributed by atoms with van der Waals surface area (Å²) in [5, 5.41) is 7.90. The third-order valence-corrected chi connectivity index (χ3v) is 3.98. The Labute approximate surface area is 123 Å². The van der Waals surface area contributed by atoms with Gasteiger partial charge in [0.2, 0.25) is 10.0 Å². The quantitative estimate of drug-likeness (QED) is 0.805. The normalized spacial score (nSPS) is 11.3. The highest BCUT2D eigenvalue weighted by Gasteiger charge is 2.11. The highest BCUT2D eigenvalue weighted by molar-refractivity contribution is 7.89. The van der Waals surface area contributed by atoms with Crippen LogP contribution in [0.4, 0.5) is 10.1 Å². The molecular weight excluding hydrogens is 291 g/mol. The van der Waals surface area contributed by atoms with Crippen molar-refractivity contribution in [3.05, 3.63) is 59.9 Å². The van der Waals surface area contributed by atoms with Crippen LogP contribution in [-0.2, 0) is 16.4 Å². The first kappa shape index (κ1) is 15.5. The molecule has 6 heteroatoms. The summed E-state index contributed by atoms with van der Waals surface area (Å²) >= 11 is 0. The smallest absolute Gasteiger partial charge is 0.238 e. The molecule has 21 heavy (non-hydrogen) atoms. The molecular formula is C15H17FN2O2S. The molecule has 0 aliphatic heterocycles. The molecule has 0 heterocycles. The van der Waals surface area contributed by atoms with E-state index in [1.165, 1.54) is 17.7 Å². The van der Waals surface area contributed by atoms with E-state index in [0.717, 1.165) is 18.9 Å². The first-order valence-corrected chi connectivity index (χ1v) is 8.11. The molecule has 0 aliphatic rings. The molecule has 0 unspecified atom stereocenters. The van der Waals surface area contributed by atoms with Crippen molar-refractivity contribution >= 4 is 15.7 Å². The fraction of sp³-hybridized carbons (Fsp3) is 0.200. The van der Waals surface area contributed by atoms with Crippen molar-refractivity contribution in [2.45, 2.75) is 17.7 Å². The second-order valence-corrected chi connectivity index (χ2v) is 6.26. The van der Waals surface area contributed by atoms with Crippen LogP contribution < -0.4 is 10.5 Å². The third kappa shape index (κ3) is 4.54. The molecule has 0 spiro atoms. The van der Waals surface area contributed by atoms with Crippen molar-refractivity contribution in [1.82, 2.24) is 0 Å². The molecule has 0 fully saturated rings. The van der Waals surface area contributed by atoms with Crippen LogP contribution in [0.1, 0.15) is 12.0 Å². The van der Waals surface area contributed by atoms with E-state index in [2.05, 4.69) is 5.32 Å². The van der Waals surface area contributed by atoms with Gasteiger partial charge in [0.1, 0.15) is 5.82 Å². The lowest BCUT2D eigenvalue weighted by Gasteiger charge is -2.08. The largest absolute Gasteiger partial charge is 0.383 e. The molecule has 0 amide bonds. The van der Waals surface area contributed by atoms with Gasteiger partial charge in [-0.15, -0.1) is 0 Å². The Morgan fingerprint density at radius 1 is 1.10 bits per heavy atom. The van der Waals surface area contributed by atoms with E-state index in [4.69, 9.17) is 5.14 Å². The van der Waals surface area contributed by atoms with Crippen molar-refractivity contribution in [2.75, 3.05) is 11.9 Å². The fourth-order valence-electron chi connectivity index (χ4n) is 1.98. The van der Waals surface area contributed by atoms with Gasteiger partial charge < -0.3 is 5.32 Å². The molecule has 4 nitrogen and oxygen atoms in total. The molecule has 3 N–H and O–H groups in total. The van der Waals surface area contributed by atoms with Crippen LogP contribution in [0, 0.1) is 5.82 Å². The lowest BCUT2D eigenvalue weighted by Crippen LogP contribution is -2.13. The summed E-state index contributed by atoms with van der Waals surface area (Å²) in [7, 11) is -3.87. The van der Waals surface area contributed by atoms with Crippen LogP contribution in [0.3, 0.4) is 0 Å². The van der Waals surface area contributed by atoms with Crippen LogP contribution in [0.25, 0.3) is 0 Å². The minimum Gasteiger partial charge on any atom is -0.383 e. The van der Waals surface area contributed by atoms with Crippen LogP contribution in [0.15, 0.2) is 53.4 Å². The maximum Gasteiger partial charge on any atom is 0.238 e. The van der Waals surface area contributed by atoms with Crippen LogP contribution in [-0.4, -0.2) is 15.0 Å². The van der Waals surface area contributed by atoms with Gasteiger partial charge in [-0.1, -0.05) is 30.3 Å². The number of nitrogens with two attached hydrogens (primary N) is 1. The van der Waals surface area contributed by atoms with Gasteiger partial charge >= 0.3 is 0 Å². The van der Waals surface area contributed by atoms with E-state index in [9.17, 15) is 12.8 Å². The maximum atomic E-state index is 13.7. The second kappa shape index (κ2) is 6.69. The van der Waals surface area contributed by atoms with E-state index in [-0.39, 0.29) is 10.6 Å². The zero-order valence-corrected chi connectivity index (χ0v) is 12.2. The van der Waals surface area contributed by atoms with Gasteiger partial charge in [-0.2, -0.15) is 0 Å². The molecule has 0 bridgehead atoms. The number of primary sulfonamides is 1. The minimum atomic E-state index is -3.87. The van der Waals surface area contributed by atoms with Gasteiger partial charge in [-0.3, -0.25) is 0 Å². The molecule has 112 valence electrons. The van der Waals surface area contributed by atoms with Crippen LogP contribution >= 0.6 is 0 Å². The minimum absolute atomic E-state index is 0.227. The predicted molar refractivity (Wildman–Crippen MR) is 81.0 cm³/mol. The van der Waals surface area contributed by atoms with Gasteiger partial charge in [-0.25, -0.2) is 17.9 Å². The molecule has 0 radical (unpaired) electrons. The van der Waals surface area contributed by atoms with Gasteiger partial charge in [-0.05, 0) is 36.6 Å². The third-order valence-electron chi connectivity index (χ3n) is 3.07. The fourth-order valence-corrected chi connectivity index (χ4v) is 2.50. The summed E-state index contributed by atoms with van der Waals surface area (Å²) in [5.74, 6) is -0.624. The van der Waals surface area contributed by atoms with E-state index in [0.29, 0.717) is 6.54 Å². The number of nitrogens with one attached hydrogen (secondary N) is 1. The Bertz CT molecular complexity index is 703. The number of rotatable bonds is 6. The number of anilines is 1. The summed E-state index contributed by atoms with van der Waals surface area (Å²) in [6.45, 7) is 0.598. The lowest BCUT2D eigenvalue weighted by atomic mass is 10.1. The van der Waals surface area contributed by atoms with Crippen molar-refractivity contribution in [3.8, 4) is 0 Å². The molecule has 0 saturated heterocycles. The number of hydrogen-bond acceptors (Lipinski definition) is 3. The Morgan fingerprint density at radius 3 is 2.43 bits per heavy atom. The molecule has 0 saturated carbocycles. The molecule has 2 rings (SSSR count). The standard InChI is InChI=1S/C15H17FN2O2S/c16-14-11-13(21(17,19)20)8-9-15(14)18-10-4-7-12-5-2-1-3-6-12/h1-3,5-6,8-9,11,18H,4,7,10H2,(H2,17,19,20). The zero-order chi connectivity index (χ0) is 15.3. The Balaban J connectivity index is 1.89. The highest BCUT2D eigenvalue weighted by Crippen LogP contribution is 2.18. The van der Waals surface area contributed by atoms with Crippen molar-refractivity contribution in [3.63, 3.8) is 0 Å². The Kier molecular flexibility index (Phi) is 4.93. The van der Waals surface area contributed by atoms with Gasteiger partial charge in [0.05, 0.1) is 10.6 Å². The Morgan fingerprint density at radius 2 is 1.81 bits per heavy atom. The molecule has 0 aliphatic carbocycles. The number of sulfonamides is 1. The summed E-state index contributed by atoms with van der Waals surface area (Å²) in [4.78, 5) is -0.227. The SMILES string of the molecule is NS(=O)(=O)c1ccc(NCCCc2ccccc2)c(F)c1. The maximum absolute atomic E-state index is 13.7. The summed E-state index contributed by atoms with van der Waals surface area (Å²) < 4.78 is 36.0. The number of hydrogen-bond donors (Lipinski definition) is 2. The monoisotopic (exact) mass is 308 g/mol. The molecule has 2 aromatic carbocycles. The average molecular weight is 308 g/mol. The van der Waals surface area contributed by atoms with Crippen molar-refractivity contribution in [1.29, 1.82) is 0 Å². The van der Waals surface area contributed by atoms with E-state index in [1.54, 1.807) is 0 Å². The Hall–Kier alpha value is -1.92. The average Bonchev–Trinajstić information content (AvgIpc) is 2.45. The van der Waals surface area contributed by atoms with Gasteiger partial charge in [0, 0.05) is 6.54 Å². The van der Waals surface area contributed by atoms with Crippen LogP contribution in [0.5, 0.6) is 0 Å². The first-order chi connectivity index (χ1) is 9.97. The van der Waals surface area contributed by atoms with E-state index >= 15 is 0 Å². The zero-order valence-electron chi connectivity index (χ0n) is 11.4. The van der Waals surface area contributed by atoms with Gasteiger partial charge in [0.25, 0.3) is 0 Å². The van der Waals surface area contributed by atoms with Crippen LogP contribution in [0.2, 0.25) is 0 Å². The van der Waals surface area contributed by atoms with E-state index in [1.807, 2.05) is 30.3 Å². The summed E-state index contributed by atoms with van der Waals surface area (Å²) in [5.41, 5.74) is 1.50. The summed E-state index contributed by atoms with van der Waals surface area (Å²) in [6.07, 6.45) is 1.74. The van der Waals surface area contributed by atoms with Crippen molar-refractivity contribution < 1.29 is 12.8 Å². The molecule has 2 aromatic rings. The highest BCUT2D eigenvalue weighted by atomic mass is 32.2. The van der Waals surface area contributed by atoms with Gasteiger partial charge in [0.15, 0.2) is 0 Å². The molecule has 0 atom stereocenters. The van der Waals surface area contributed by atoms with E-state index < -0.39 is 15.8 Å². The number of halogens is 1. The first-order valence-electron chi connectivity index (χ1n) is 6.57. The number of benzene rings is 2. The molecule has 0 aromatic heterocycles.